The van der Waals surface area contributed by atoms with Crippen LogP contribution in [0.2, 0.25) is 0 Å². The molecule has 0 bridgehead atoms. The van der Waals surface area contributed by atoms with Crippen molar-refractivity contribution < 1.29 is 31.1 Å². The highest BCUT2D eigenvalue weighted by Crippen LogP contribution is 2.36. The lowest BCUT2D eigenvalue weighted by molar-refractivity contribution is -0.137. The van der Waals surface area contributed by atoms with E-state index in [2.05, 4.69) is 25.1 Å². The predicted molar refractivity (Wildman–Crippen MR) is 140 cm³/mol. The maximum absolute atomic E-state index is 14.8. The van der Waals surface area contributed by atoms with Gasteiger partial charge < -0.3 is 16.2 Å². The van der Waals surface area contributed by atoms with Crippen molar-refractivity contribution >= 4 is 34.1 Å². The molecule has 0 spiro atoms. The van der Waals surface area contributed by atoms with Gasteiger partial charge in [0.15, 0.2) is 0 Å². The zero-order valence-corrected chi connectivity index (χ0v) is 22.8. The van der Waals surface area contributed by atoms with E-state index >= 15 is 0 Å². The number of nitrogens with two attached hydrogens (primary N) is 1. The second kappa shape index (κ2) is 13.0. The minimum absolute atomic E-state index is 0. The fraction of sp³-hybridized carbons (Fsp3) is 0.435. The zero-order valence-electron chi connectivity index (χ0n) is 21.2. The lowest BCUT2D eigenvalue weighted by atomic mass is 10.1. The summed E-state index contributed by atoms with van der Waals surface area (Å²) in [5.74, 6) is -1.32. The Labute approximate surface area is 229 Å². The smallest absolute Gasteiger partial charge is 0.389 e. The van der Waals surface area contributed by atoms with E-state index in [0.29, 0.717) is 19.2 Å². The molecule has 1 aromatic carbocycles. The predicted octanol–water partition coefficient (Wildman–Crippen LogP) is 3.84. The molecule has 0 fully saturated rings. The summed E-state index contributed by atoms with van der Waals surface area (Å²) in [4.78, 5) is 7.27. The minimum atomic E-state index is -4.79. The number of nitrogens with zero attached hydrogens (tertiary/aromatic N) is 4. The molecule has 3 aromatic rings. The van der Waals surface area contributed by atoms with Gasteiger partial charge in [0.25, 0.3) is 0 Å². The lowest BCUT2D eigenvalue weighted by Gasteiger charge is -2.16. The third-order valence-corrected chi connectivity index (χ3v) is 6.68. The molecule has 2 heterocycles. The highest BCUT2D eigenvalue weighted by molar-refractivity contribution is 7.89. The number of aliphatic hydroxyl groups is 1. The van der Waals surface area contributed by atoms with Crippen molar-refractivity contribution in [3.05, 3.63) is 48.2 Å². The van der Waals surface area contributed by atoms with Crippen molar-refractivity contribution in [3.63, 3.8) is 0 Å². The van der Waals surface area contributed by atoms with Crippen molar-refractivity contribution in [3.8, 4) is 11.3 Å². The van der Waals surface area contributed by atoms with Crippen molar-refractivity contribution in [1.82, 2.24) is 24.5 Å². The first-order valence-corrected chi connectivity index (χ1v) is 13.1. The number of halogens is 5. The van der Waals surface area contributed by atoms with Gasteiger partial charge in [0, 0.05) is 24.5 Å². The molecule has 0 aliphatic heterocycles. The van der Waals surface area contributed by atoms with Crippen LogP contribution in [0.5, 0.6) is 0 Å². The number of nitrogens with one attached hydrogen (secondary N) is 2. The summed E-state index contributed by atoms with van der Waals surface area (Å²) in [6.07, 6.45) is 0.301. The number of alkyl halides is 3. The number of anilines is 2. The summed E-state index contributed by atoms with van der Waals surface area (Å²) >= 11 is 0. The molecule has 3 rings (SSSR count). The normalized spacial score (nSPS) is 12.3. The van der Waals surface area contributed by atoms with Gasteiger partial charge in [0.1, 0.15) is 11.4 Å². The topological polar surface area (TPSA) is 148 Å². The highest BCUT2D eigenvalue weighted by Gasteiger charge is 2.36. The maximum atomic E-state index is 14.8. The van der Waals surface area contributed by atoms with Gasteiger partial charge in [-0.2, -0.15) is 18.3 Å². The average molecular weight is 596 g/mol. The fourth-order valence-corrected chi connectivity index (χ4v) is 4.54. The summed E-state index contributed by atoms with van der Waals surface area (Å²) in [5.41, 5.74) is 2.37. The van der Waals surface area contributed by atoms with E-state index in [4.69, 9.17) is 5.73 Å². The van der Waals surface area contributed by atoms with Gasteiger partial charge in [-0.15, -0.1) is 12.4 Å². The Hall–Kier alpha value is -2.85. The van der Waals surface area contributed by atoms with Crippen LogP contribution < -0.4 is 15.8 Å². The van der Waals surface area contributed by atoms with E-state index in [0.717, 1.165) is 37.2 Å². The summed E-state index contributed by atoms with van der Waals surface area (Å²) in [6, 6.07) is 3.07. The van der Waals surface area contributed by atoms with Crippen LogP contribution >= 0.6 is 12.4 Å². The van der Waals surface area contributed by atoms with Crippen LogP contribution in [-0.4, -0.2) is 52.0 Å². The molecule has 216 valence electrons. The number of benzene rings is 1. The summed E-state index contributed by atoms with van der Waals surface area (Å²) in [6.45, 7) is 3.73. The van der Waals surface area contributed by atoms with Gasteiger partial charge >= 0.3 is 6.18 Å². The molecule has 16 heteroatoms. The number of rotatable bonds is 12. The van der Waals surface area contributed by atoms with Gasteiger partial charge in [-0.05, 0) is 51.4 Å². The first-order valence-electron chi connectivity index (χ1n) is 11.7. The molecular formula is C23H30ClF4N7O3S. The van der Waals surface area contributed by atoms with Crippen LogP contribution in [0.15, 0.2) is 41.7 Å². The molecule has 0 aliphatic carbocycles. The molecule has 0 saturated heterocycles. The Morgan fingerprint density at radius 2 is 1.85 bits per heavy atom. The van der Waals surface area contributed by atoms with Crippen LogP contribution in [0, 0.1) is 5.82 Å². The van der Waals surface area contributed by atoms with Crippen LogP contribution in [0.1, 0.15) is 38.7 Å². The molecule has 39 heavy (non-hydrogen) atoms. The van der Waals surface area contributed by atoms with Gasteiger partial charge in [-0.3, -0.25) is 4.68 Å². The molecule has 10 nitrogen and oxygen atoms in total. The third-order valence-electron chi connectivity index (χ3n) is 5.22. The van der Waals surface area contributed by atoms with Gasteiger partial charge in [0.2, 0.25) is 16.0 Å². The third kappa shape index (κ3) is 9.10. The summed E-state index contributed by atoms with van der Waals surface area (Å²) in [7, 11) is -3.97. The average Bonchev–Trinajstić information content (AvgIpc) is 3.26. The number of aromatic nitrogens is 4. The molecule has 0 amide bonds. The number of unbranched alkanes of at least 4 members (excludes halogenated alkanes) is 2. The second-order valence-electron chi connectivity index (χ2n) is 9.21. The van der Waals surface area contributed by atoms with E-state index in [1.807, 2.05) is 0 Å². The van der Waals surface area contributed by atoms with Crippen molar-refractivity contribution in [2.45, 2.75) is 56.3 Å². The SMILES string of the molecule is CC(C)(O)Cn1cc(-c2nc(Nc3ccc(S(=O)(=O)NCCCCCN)cc3F)ncc2C(F)(F)F)cn1.Cl. The van der Waals surface area contributed by atoms with E-state index in [9.17, 15) is 31.1 Å². The Bertz CT molecular complexity index is 1360. The van der Waals surface area contributed by atoms with Crippen molar-refractivity contribution in [2.75, 3.05) is 18.4 Å². The largest absolute Gasteiger partial charge is 0.419 e. The molecular weight excluding hydrogens is 566 g/mol. The highest BCUT2D eigenvalue weighted by atomic mass is 35.5. The van der Waals surface area contributed by atoms with Crippen LogP contribution in [0.3, 0.4) is 0 Å². The molecule has 0 atom stereocenters. The molecule has 0 unspecified atom stereocenters. The van der Waals surface area contributed by atoms with Crippen molar-refractivity contribution in [2.24, 2.45) is 5.73 Å². The Balaban J connectivity index is 0.00000533. The minimum Gasteiger partial charge on any atom is -0.389 e. The first-order chi connectivity index (χ1) is 17.7. The van der Waals surface area contributed by atoms with Gasteiger partial charge in [-0.1, -0.05) is 6.42 Å². The molecule has 0 saturated carbocycles. The molecule has 2 aromatic heterocycles. The molecule has 0 aliphatic rings. The Kier molecular flexibility index (Phi) is 10.8. The van der Waals surface area contributed by atoms with Crippen molar-refractivity contribution in [1.29, 1.82) is 0 Å². The Morgan fingerprint density at radius 3 is 2.46 bits per heavy atom. The van der Waals surface area contributed by atoms with Crippen LogP contribution in [-0.2, 0) is 22.7 Å². The molecule has 0 radical (unpaired) electrons. The standard InChI is InChI=1S/C23H29F4N7O3S.ClH/c1-22(2,35)14-34-13-15(11-30-34)20-17(23(25,26)27)12-29-21(33-20)32-19-7-6-16(10-18(19)24)38(36,37)31-9-5-3-4-8-28;/h6-7,10-13,31,35H,3-5,8-9,14,28H2,1-2H3,(H,29,32,33);1H. The van der Waals surface area contributed by atoms with Gasteiger partial charge in [0.05, 0.1) is 34.6 Å². The molecule has 5 N–H and O–H groups in total. The van der Waals surface area contributed by atoms with E-state index in [-0.39, 0.29) is 47.6 Å². The number of hydrogen-bond donors (Lipinski definition) is 4. The second-order valence-corrected chi connectivity index (χ2v) is 11.0. The van der Waals surface area contributed by atoms with Crippen LogP contribution in [0.25, 0.3) is 11.3 Å². The number of hydrogen-bond acceptors (Lipinski definition) is 8. The van der Waals surface area contributed by atoms with E-state index in [1.165, 1.54) is 24.7 Å². The summed E-state index contributed by atoms with van der Waals surface area (Å²) < 4.78 is 84.2. The fourth-order valence-electron chi connectivity index (χ4n) is 3.46. The Morgan fingerprint density at radius 1 is 1.13 bits per heavy atom. The maximum Gasteiger partial charge on any atom is 0.419 e. The first kappa shape index (κ1) is 32.4. The zero-order chi connectivity index (χ0) is 28.1. The lowest BCUT2D eigenvalue weighted by Crippen LogP contribution is -2.26. The van der Waals surface area contributed by atoms with Gasteiger partial charge in [-0.25, -0.2) is 27.5 Å². The van der Waals surface area contributed by atoms with E-state index in [1.54, 1.807) is 0 Å². The number of sulfonamides is 1. The van der Waals surface area contributed by atoms with E-state index < -0.39 is 38.9 Å². The summed E-state index contributed by atoms with van der Waals surface area (Å²) in [5, 5.41) is 16.4. The quantitative estimate of drug-likeness (QED) is 0.182. The monoisotopic (exact) mass is 595 g/mol. The van der Waals surface area contributed by atoms with Crippen LogP contribution in [0.4, 0.5) is 29.2 Å².